The second-order valence-electron chi connectivity index (χ2n) is 4.69. The Morgan fingerprint density at radius 2 is 2.00 bits per heavy atom. The maximum atomic E-state index is 11.7. The molecule has 0 spiro atoms. The molecule has 1 atom stereocenters. The zero-order chi connectivity index (χ0) is 15.8. The molecule has 1 unspecified atom stereocenters. The summed E-state index contributed by atoms with van der Waals surface area (Å²) in [6.45, 7) is 4.03. The molecule has 5 heteroatoms. The predicted octanol–water partition coefficient (Wildman–Crippen LogP) is 1.67. The van der Waals surface area contributed by atoms with Crippen molar-refractivity contribution in [2.75, 3.05) is 6.61 Å². The van der Waals surface area contributed by atoms with Crippen molar-refractivity contribution in [2.24, 2.45) is 0 Å². The topological polar surface area (TPSA) is 75.6 Å². The van der Waals surface area contributed by atoms with Crippen LogP contribution in [0, 0.1) is 26.2 Å². The summed E-state index contributed by atoms with van der Waals surface area (Å²) in [5.74, 6) is 1.44. The number of carbonyl (C=O) groups is 2. The quantitative estimate of drug-likeness (QED) is 0.749. The van der Waals surface area contributed by atoms with E-state index in [1.165, 1.54) is 0 Å². The molecule has 5 nitrogen and oxygen atoms in total. The van der Waals surface area contributed by atoms with Gasteiger partial charge in [-0.05, 0) is 25.0 Å². The highest BCUT2D eigenvalue weighted by Crippen LogP contribution is 2.22. The average molecular weight is 289 g/mol. The van der Waals surface area contributed by atoms with E-state index in [0.717, 1.165) is 16.9 Å². The van der Waals surface area contributed by atoms with E-state index in [1.54, 1.807) is 0 Å². The smallest absolute Gasteiger partial charge is 0.327 e. The van der Waals surface area contributed by atoms with E-state index < -0.39 is 17.9 Å². The van der Waals surface area contributed by atoms with Crippen LogP contribution in [0.5, 0.6) is 5.75 Å². The zero-order valence-corrected chi connectivity index (χ0v) is 12.2. The van der Waals surface area contributed by atoms with Gasteiger partial charge in [0.05, 0.1) is 13.0 Å². The van der Waals surface area contributed by atoms with E-state index in [9.17, 15) is 9.59 Å². The summed E-state index contributed by atoms with van der Waals surface area (Å²) in [7, 11) is 0. The number of rotatable bonds is 7. The third kappa shape index (κ3) is 5.19. The second kappa shape index (κ2) is 7.95. The first kappa shape index (κ1) is 16.6. The second-order valence-corrected chi connectivity index (χ2v) is 4.69. The van der Waals surface area contributed by atoms with E-state index >= 15 is 0 Å². The minimum Gasteiger partial charge on any atom is -0.493 e. The molecule has 0 saturated heterocycles. The Labute approximate surface area is 124 Å². The number of amides is 1. The third-order valence-corrected chi connectivity index (χ3v) is 2.94. The molecule has 0 aliphatic carbocycles. The monoisotopic (exact) mass is 289 g/mol. The minimum atomic E-state index is -1.14. The Balaban J connectivity index is 2.47. The molecule has 0 radical (unpaired) electrons. The van der Waals surface area contributed by atoms with Gasteiger partial charge >= 0.3 is 5.97 Å². The van der Waals surface area contributed by atoms with Crippen LogP contribution >= 0.6 is 0 Å². The molecular formula is C16H19NO4. The van der Waals surface area contributed by atoms with Gasteiger partial charge in [0, 0.05) is 6.42 Å². The van der Waals surface area contributed by atoms with E-state index in [2.05, 4.69) is 11.2 Å². The van der Waals surface area contributed by atoms with Crippen molar-refractivity contribution in [2.45, 2.75) is 32.7 Å². The SMILES string of the molecule is C#CCC(NC(=O)CCOc1c(C)cccc1C)C(=O)O. The van der Waals surface area contributed by atoms with Gasteiger partial charge in [-0.15, -0.1) is 12.3 Å². The van der Waals surface area contributed by atoms with E-state index in [0.29, 0.717) is 0 Å². The number of hydrogen-bond acceptors (Lipinski definition) is 3. The molecule has 0 aliphatic heterocycles. The van der Waals surface area contributed by atoms with Crippen LogP contribution in [0.25, 0.3) is 0 Å². The number of benzene rings is 1. The first-order chi connectivity index (χ1) is 9.95. The number of para-hydroxylation sites is 1. The lowest BCUT2D eigenvalue weighted by Gasteiger charge is -2.14. The van der Waals surface area contributed by atoms with Crippen LogP contribution in [-0.2, 0) is 9.59 Å². The van der Waals surface area contributed by atoms with Gasteiger partial charge in [0.2, 0.25) is 5.91 Å². The Morgan fingerprint density at radius 3 is 2.52 bits per heavy atom. The number of nitrogens with one attached hydrogen (secondary N) is 1. The third-order valence-electron chi connectivity index (χ3n) is 2.94. The van der Waals surface area contributed by atoms with Crippen molar-refractivity contribution in [1.82, 2.24) is 5.32 Å². The maximum Gasteiger partial charge on any atom is 0.327 e. The molecule has 1 rings (SSSR count). The van der Waals surface area contributed by atoms with Gasteiger partial charge in [0.25, 0.3) is 0 Å². The Kier molecular flexibility index (Phi) is 6.28. The molecule has 1 aromatic rings. The lowest BCUT2D eigenvalue weighted by molar-refractivity contribution is -0.141. The largest absolute Gasteiger partial charge is 0.493 e. The van der Waals surface area contributed by atoms with Gasteiger partial charge < -0.3 is 15.2 Å². The van der Waals surface area contributed by atoms with Crippen molar-refractivity contribution >= 4 is 11.9 Å². The number of carboxylic acid groups (broad SMARTS) is 1. The Bertz CT molecular complexity index is 540. The molecule has 0 bridgehead atoms. The standard InChI is InChI=1S/C16H19NO4/c1-4-6-13(16(19)20)17-14(18)9-10-21-15-11(2)7-5-8-12(15)3/h1,5,7-8,13H,6,9-10H2,2-3H3,(H,17,18)(H,19,20). The summed E-state index contributed by atoms with van der Waals surface area (Å²) in [4.78, 5) is 22.5. The zero-order valence-electron chi connectivity index (χ0n) is 12.2. The number of aliphatic carboxylic acids is 1. The minimum absolute atomic E-state index is 0.0428. The van der Waals surface area contributed by atoms with Crippen LogP contribution in [-0.4, -0.2) is 29.6 Å². The van der Waals surface area contributed by atoms with Crippen molar-refractivity contribution in [3.63, 3.8) is 0 Å². The summed E-state index contributed by atoms with van der Waals surface area (Å²) in [5, 5.41) is 11.3. The van der Waals surface area contributed by atoms with Crippen LogP contribution in [0.1, 0.15) is 24.0 Å². The van der Waals surface area contributed by atoms with E-state index in [-0.39, 0.29) is 19.4 Å². The lowest BCUT2D eigenvalue weighted by atomic mass is 10.1. The molecule has 0 aromatic heterocycles. The Morgan fingerprint density at radius 1 is 1.38 bits per heavy atom. The van der Waals surface area contributed by atoms with Crippen LogP contribution < -0.4 is 10.1 Å². The molecule has 112 valence electrons. The number of aryl methyl sites for hydroxylation is 2. The summed E-state index contributed by atoms with van der Waals surface area (Å²) >= 11 is 0. The fourth-order valence-corrected chi connectivity index (χ4v) is 1.86. The molecule has 0 fully saturated rings. The Hall–Kier alpha value is -2.48. The summed E-state index contributed by atoms with van der Waals surface area (Å²) < 4.78 is 5.59. The van der Waals surface area contributed by atoms with E-state index in [4.69, 9.17) is 16.3 Å². The van der Waals surface area contributed by atoms with Gasteiger partial charge in [-0.1, -0.05) is 18.2 Å². The van der Waals surface area contributed by atoms with E-state index in [1.807, 2.05) is 32.0 Å². The van der Waals surface area contributed by atoms with Gasteiger partial charge in [0.1, 0.15) is 11.8 Å². The highest BCUT2D eigenvalue weighted by atomic mass is 16.5. The molecule has 0 aliphatic rings. The lowest BCUT2D eigenvalue weighted by Crippen LogP contribution is -2.40. The molecular weight excluding hydrogens is 270 g/mol. The number of ether oxygens (including phenoxy) is 1. The van der Waals surface area contributed by atoms with Crippen LogP contribution in [0.15, 0.2) is 18.2 Å². The van der Waals surface area contributed by atoms with Crippen molar-refractivity contribution in [1.29, 1.82) is 0 Å². The summed E-state index contributed by atoms with van der Waals surface area (Å²) in [6.07, 6.45) is 5.09. The van der Waals surface area contributed by atoms with Gasteiger partial charge in [-0.25, -0.2) is 4.79 Å². The maximum absolute atomic E-state index is 11.7. The average Bonchev–Trinajstić information content (AvgIpc) is 2.41. The fourth-order valence-electron chi connectivity index (χ4n) is 1.86. The predicted molar refractivity (Wildman–Crippen MR) is 79.0 cm³/mol. The highest BCUT2D eigenvalue weighted by Gasteiger charge is 2.18. The highest BCUT2D eigenvalue weighted by molar-refractivity contribution is 5.83. The molecule has 0 saturated carbocycles. The van der Waals surface area contributed by atoms with Crippen molar-refractivity contribution in [3.8, 4) is 18.1 Å². The summed E-state index contributed by atoms with van der Waals surface area (Å²) in [5.41, 5.74) is 1.98. The first-order valence-corrected chi connectivity index (χ1v) is 6.60. The van der Waals surface area contributed by atoms with Crippen molar-refractivity contribution in [3.05, 3.63) is 29.3 Å². The summed E-state index contributed by atoms with van der Waals surface area (Å²) in [6, 6.07) is 4.73. The normalized spacial score (nSPS) is 11.3. The van der Waals surface area contributed by atoms with Crippen LogP contribution in [0.4, 0.5) is 0 Å². The fraction of sp³-hybridized carbons (Fsp3) is 0.375. The van der Waals surface area contributed by atoms with Crippen LogP contribution in [0.3, 0.4) is 0 Å². The number of carboxylic acids is 1. The number of terminal acetylenes is 1. The van der Waals surface area contributed by atoms with Gasteiger partial charge in [0.15, 0.2) is 0 Å². The molecule has 21 heavy (non-hydrogen) atoms. The van der Waals surface area contributed by atoms with Crippen molar-refractivity contribution < 1.29 is 19.4 Å². The number of carbonyl (C=O) groups excluding carboxylic acids is 1. The first-order valence-electron chi connectivity index (χ1n) is 6.60. The van der Waals surface area contributed by atoms with Gasteiger partial charge in [-0.3, -0.25) is 4.79 Å². The molecule has 1 amide bonds. The molecule has 2 N–H and O–H groups in total. The van der Waals surface area contributed by atoms with Crippen LogP contribution in [0.2, 0.25) is 0 Å². The molecule has 1 aromatic carbocycles. The number of hydrogen-bond donors (Lipinski definition) is 2. The molecule has 0 heterocycles. The van der Waals surface area contributed by atoms with Gasteiger partial charge in [-0.2, -0.15) is 0 Å².